The molecule has 2 aromatic heterocycles. The maximum Gasteiger partial charge on any atom is 0.243 e. The van der Waals surface area contributed by atoms with Crippen molar-refractivity contribution in [3.8, 4) is 11.4 Å². The molecular formula is C29H40N8O3S. The number of aryl methyl sites for hydroxylation is 1. The van der Waals surface area contributed by atoms with Crippen molar-refractivity contribution in [1.29, 1.82) is 0 Å². The maximum absolute atomic E-state index is 13.5. The van der Waals surface area contributed by atoms with Crippen LogP contribution < -0.4 is 10.6 Å². The van der Waals surface area contributed by atoms with Gasteiger partial charge in [0.25, 0.3) is 0 Å². The SMILES string of the molecule is CSCC[C@@H]1NC(=O)CCCN(C(=O)Cc2nc[nH]c2C)CCn2nc(-c3ccccc3)nc2[C@@H](C(C)C)NC1=O. The number of H-pyrrole nitrogens is 1. The fourth-order valence-electron chi connectivity index (χ4n) is 4.84. The van der Waals surface area contributed by atoms with Crippen LogP contribution in [-0.2, 0) is 27.3 Å². The van der Waals surface area contributed by atoms with Gasteiger partial charge in [0.15, 0.2) is 11.6 Å². The van der Waals surface area contributed by atoms with E-state index in [0.717, 1.165) is 17.0 Å². The molecule has 0 aliphatic carbocycles. The number of aromatic amines is 1. The van der Waals surface area contributed by atoms with Crippen molar-refractivity contribution in [2.45, 2.75) is 65.1 Å². The summed E-state index contributed by atoms with van der Waals surface area (Å²) in [6.07, 6.45) is 4.94. The number of nitrogens with one attached hydrogen (secondary N) is 3. The van der Waals surface area contributed by atoms with E-state index in [1.54, 1.807) is 23.0 Å². The van der Waals surface area contributed by atoms with Gasteiger partial charge in [-0.25, -0.2) is 14.6 Å². The van der Waals surface area contributed by atoms with Crippen LogP contribution in [0.4, 0.5) is 0 Å². The van der Waals surface area contributed by atoms with Gasteiger partial charge in [0.1, 0.15) is 6.04 Å². The van der Waals surface area contributed by atoms with E-state index < -0.39 is 12.1 Å². The lowest BCUT2D eigenvalue weighted by molar-refractivity contribution is -0.131. The van der Waals surface area contributed by atoms with E-state index in [-0.39, 0.29) is 36.5 Å². The first-order valence-electron chi connectivity index (χ1n) is 14.1. The maximum atomic E-state index is 13.5. The van der Waals surface area contributed by atoms with E-state index in [9.17, 15) is 14.4 Å². The number of amides is 3. The summed E-state index contributed by atoms with van der Waals surface area (Å²) in [7, 11) is 0. The Morgan fingerprint density at radius 2 is 1.90 bits per heavy atom. The predicted molar refractivity (Wildman–Crippen MR) is 159 cm³/mol. The number of imidazole rings is 1. The quantitative estimate of drug-likeness (QED) is 0.391. The van der Waals surface area contributed by atoms with Gasteiger partial charge < -0.3 is 20.5 Å². The number of rotatable bonds is 7. The third-order valence-corrected chi connectivity index (χ3v) is 7.90. The molecule has 1 aliphatic heterocycles. The molecule has 3 heterocycles. The van der Waals surface area contributed by atoms with E-state index in [4.69, 9.17) is 10.1 Å². The zero-order valence-corrected chi connectivity index (χ0v) is 25.0. The number of aromatic nitrogens is 5. The van der Waals surface area contributed by atoms with E-state index in [1.807, 2.05) is 62.0 Å². The standard InChI is InChI=1S/C29H40N8O3S/c1-19(2)26-28-34-27(21-9-6-5-7-10-21)35-37(28)15-14-36(25(39)17-23-20(3)30-18-31-23)13-8-11-24(38)32-22(12-16-41-4)29(40)33-26/h5-7,9-10,18-19,22,26H,8,11-17H2,1-4H3,(H,30,31)(H,32,38)(H,33,40)/t22-,26+/m0/s1. The minimum Gasteiger partial charge on any atom is -0.348 e. The van der Waals surface area contributed by atoms with Gasteiger partial charge in [0.2, 0.25) is 17.7 Å². The lowest BCUT2D eigenvalue weighted by Crippen LogP contribution is -2.49. The summed E-state index contributed by atoms with van der Waals surface area (Å²) < 4.78 is 1.81. The van der Waals surface area contributed by atoms with E-state index in [0.29, 0.717) is 49.8 Å². The fraction of sp³-hybridized carbons (Fsp3) is 0.517. The Balaban J connectivity index is 1.69. The number of thioether (sulfide) groups is 1. The summed E-state index contributed by atoms with van der Waals surface area (Å²) in [5, 5.41) is 10.9. The molecule has 3 amide bonds. The zero-order chi connectivity index (χ0) is 29.4. The summed E-state index contributed by atoms with van der Waals surface area (Å²) in [5.41, 5.74) is 2.43. The molecule has 0 radical (unpaired) electrons. The zero-order valence-electron chi connectivity index (χ0n) is 24.2. The summed E-state index contributed by atoms with van der Waals surface area (Å²) in [4.78, 5) is 53.8. The number of hydrogen-bond acceptors (Lipinski definition) is 7. The minimum atomic E-state index is -0.663. The molecule has 0 saturated heterocycles. The lowest BCUT2D eigenvalue weighted by atomic mass is 10.0. The predicted octanol–water partition coefficient (Wildman–Crippen LogP) is 2.89. The molecule has 1 aromatic carbocycles. The molecule has 2 atom stereocenters. The number of hydrogen-bond donors (Lipinski definition) is 3. The molecule has 41 heavy (non-hydrogen) atoms. The van der Waals surface area contributed by atoms with Crippen LogP contribution >= 0.6 is 11.8 Å². The Bertz CT molecular complexity index is 1320. The Morgan fingerprint density at radius 1 is 1.12 bits per heavy atom. The van der Waals surface area contributed by atoms with Gasteiger partial charge in [-0.15, -0.1) is 0 Å². The van der Waals surface area contributed by atoms with Crippen molar-refractivity contribution in [1.82, 2.24) is 40.3 Å². The van der Waals surface area contributed by atoms with Crippen LogP contribution in [-0.4, -0.2) is 78.5 Å². The Morgan fingerprint density at radius 3 is 2.59 bits per heavy atom. The average Bonchev–Trinajstić information content (AvgIpc) is 3.56. The van der Waals surface area contributed by atoms with Crippen LogP contribution in [0, 0.1) is 12.8 Å². The molecule has 0 spiro atoms. The summed E-state index contributed by atoms with van der Waals surface area (Å²) in [5.74, 6) is 1.41. The largest absolute Gasteiger partial charge is 0.348 e. The normalized spacial score (nSPS) is 18.9. The highest BCUT2D eigenvalue weighted by Crippen LogP contribution is 2.25. The first kappa shape index (κ1) is 30.3. The van der Waals surface area contributed by atoms with Crippen molar-refractivity contribution in [3.63, 3.8) is 0 Å². The number of carbonyl (C=O) groups excluding carboxylic acids is 3. The van der Waals surface area contributed by atoms with Gasteiger partial charge in [-0.1, -0.05) is 44.2 Å². The second-order valence-electron chi connectivity index (χ2n) is 10.6. The van der Waals surface area contributed by atoms with Gasteiger partial charge in [-0.3, -0.25) is 14.4 Å². The van der Waals surface area contributed by atoms with Crippen LogP contribution in [0.15, 0.2) is 36.7 Å². The van der Waals surface area contributed by atoms with Gasteiger partial charge in [-0.05, 0) is 37.7 Å². The molecule has 4 rings (SSSR count). The molecule has 1 aliphatic rings. The van der Waals surface area contributed by atoms with Crippen LogP contribution in [0.5, 0.6) is 0 Å². The Kier molecular flexibility index (Phi) is 10.6. The average molecular weight is 581 g/mol. The highest BCUT2D eigenvalue weighted by atomic mass is 32.2. The first-order chi connectivity index (χ1) is 19.8. The molecule has 0 saturated carbocycles. The molecule has 0 bridgehead atoms. The third kappa shape index (κ3) is 7.96. The van der Waals surface area contributed by atoms with Crippen molar-refractivity contribution < 1.29 is 14.4 Å². The third-order valence-electron chi connectivity index (χ3n) is 7.26. The second kappa shape index (κ2) is 14.3. The molecule has 11 nitrogen and oxygen atoms in total. The van der Waals surface area contributed by atoms with Crippen molar-refractivity contribution >= 4 is 29.5 Å². The topological polar surface area (TPSA) is 138 Å². The van der Waals surface area contributed by atoms with Gasteiger partial charge in [0.05, 0.1) is 31.0 Å². The summed E-state index contributed by atoms with van der Waals surface area (Å²) in [6.45, 7) is 7.11. The number of benzene rings is 1. The molecule has 0 unspecified atom stereocenters. The van der Waals surface area contributed by atoms with E-state index in [2.05, 4.69) is 20.6 Å². The van der Waals surface area contributed by atoms with E-state index >= 15 is 0 Å². The Hall–Kier alpha value is -3.67. The summed E-state index contributed by atoms with van der Waals surface area (Å²) in [6, 6.07) is 8.60. The van der Waals surface area contributed by atoms with Gasteiger partial charge >= 0.3 is 0 Å². The lowest BCUT2D eigenvalue weighted by Gasteiger charge is -2.28. The molecule has 0 fully saturated rings. The minimum absolute atomic E-state index is 0.00398. The van der Waals surface area contributed by atoms with Crippen molar-refractivity contribution in [2.24, 2.45) is 5.92 Å². The first-order valence-corrected chi connectivity index (χ1v) is 15.5. The number of nitrogens with zero attached hydrogens (tertiary/aromatic N) is 5. The smallest absolute Gasteiger partial charge is 0.243 e. The van der Waals surface area contributed by atoms with Crippen LogP contribution in [0.3, 0.4) is 0 Å². The number of carbonyl (C=O) groups is 3. The van der Waals surface area contributed by atoms with Crippen LogP contribution in [0.1, 0.15) is 56.4 Å². The molecule has 12 heteroatoms. The van der Waals surface area contributed by atoms with Gasteiger partial charge in [-0.2, -0.15) is 16.9 Å². The number of fused-ring (bicyclic) bond motifs is 1. The summed E-state index contributed by atoms with van der Waals surface area (Å²) >= 11 is 1.63. The highest BCUT2D eigenvalue weighted by Gasteiger charge is 2.30. The molecule has 220 valence electrons. The fourth-order valence-corrected chi connectivity index (χ4v) is 5.31. The van der Waals surface area contributed by atoms with E-state index in [1.165, 1.54) is 0 Å². The van der Waals surface area contributed by atoms with Crippen LogP contribution in [0.2, 0.25) is 0 Å². The monoisotopic (exact) mass is 580 g/mol. The van der Waals surface area contributed by atoms with Crippen LogP contribution in [0.25, 0.3) is 11.4 Å². The van der Waals surface area contributed by atoms with Gasteiger partial charge in [0, 0.05) is 30.8 Å². The van der Waals surface area contributed by atoms with Crippen molar-refractivity contribution in [2.75, 3.05) is 25.1 Å². The Labute approximate surface area is 245 Å². The molecule has 3 aromatic rings. The highest BCUT2D eigenvalue weighted by molar-refractivity contribution is 7.98. The van der Waals surface area contributed by atoms with Crippen molar-refractivity contribution in [3.05, 3.63) is 53.9 Å². The second-order valence-corrected chi connectivity index (χ2v) is 11.6. The molecule has 3 N–H and O–H groups in total. The molecular weight excluding hydrogens is 540 g/mol.